The van der Waals surface area contributed by atoms with Gasteiger partial charge in [-0.05, 0) is 43.0 Å². The molecule has 0 aliphatic carbocycles. The molecule has 3 N–H and O–H groups in total. The summed E-state index contributed by atoms with van der Waals surface area (Å²) in [7, 11) is 0. The minimum Gasteiger partial charge on any atom is -0.369 e. The lowest BCUT2D eigenvalue weighted by molar-refractivity contribution is -0.114. The van der Waals surface area contributed by atoms with Crippen molar-refractivity contribution in [2.45, 2.75) is 32.6 Å². The summed E-state index contributed by atoms with van der Waals surface area (Å²) in [5.74, 6) is 0.659. The van der Waals surface area contributed by atoms with E-state index in [0.29, 0.717) is 49.8 Å². The molecule has 0 aliphatic rings. The number of nitrogens with zero attached hydrogens (tertiary/aromatic N) is 3. The standard InChI is InChI=1S/C21H28N6O2/c1-3-10-23-19-18(20(29)24-11-5-6-17(28)4-2)15-26-21(27-19)25-14-9-16-7-12-22-13-8-16/h4,7-8,12-13,15H,2-3,5-6,9-11,14H2,1H3,(H,24,29)(H2,23,25,26,27). The van der Waals surface area contributed by atoms with Gasteiger partial charge in [0.05, 0.1) is 0 Å². The molecule has 2 heterocycles. The average molecular weight is 396 g/mol. The summed E-state index contributed by atoms with van der Waals surface area (Å²) >= 11 is 0. The van der Waals surface area contributed by atoms with Crippen LogP contribution in [0.2, 0.25) is 0 Å². The number of ketones is 1. The number of allylic oxidation sites excluding steroid dienone is 1. The van der Waals surface area contributed by atoms with Crippen molar-refractivity contribution in [3.63, 3.8) is 0 Å². The lowest BCUT2D eigenvalue weighted by Crippen LogP contribution is -2.26. The van der Waals surface area contributed by atoms with Crippen LogP contribution in [0.25, 0.3) is 0 Å². The first-order valence-electron chi connectivity index (χ1n) is 9.81. The summed E-state index contributed by atoms with van der Waals surface area (Å²) in [6, 6.07) is 3.93. The second kappa shape index (κ2) is 12.2. The molecule has 0 aromatic carbocycles. The molecule has 0 atom stereocenters. The third-order valence-electron chi connectivity index (χ3n) is 4.14. The number of hydrogen-bond acceptors (Lipinski definition) is 7. The van der Waals surface area contributed by atoms with Crippen LogP contribution in [0.15, 0.2) is 43.4 Å². The first kappa shape index (κ1) is 22.0. The molecule has 8 heteroatoms. The Labute approximate surface area is 171 Å². The van der Waals surface area contributed by atoms with Crippen molar-refractivity contribution in [3.05, 3.63) is 54.5 Å². The summed E-state index contributed by atoms with van der Waals surface area (Å²) in [5, 5.41) is 9.18. The predicted octanol–water partition coefficient (Wildman–Crippen LogP) is 2.61. The van der Waals surface area contributed by atoms with Crippen LogP contribution >= 0.6 is 0 Å². The molecule has 0 spiro atoms. The van der Waals surface area contributed by atoms with E-state index in [9.17, 15) is 9.59 Å². The minimum absolute atomic E-state index is 0.0323. The van der Waals surface area contributed by atoms with Gasteiger partial charge >= 0.3 is 0 Å². The number of nitrogens with one attached hydrogen (secondary N) is 3. The van der Waals surface area contributed by atoms with Gasteiger partial charge in [-0.25, -0.2) is 4.98 Å². The molecule has 8 nitrogen and oxygen atoms in total. The summed E-state index contributed by atoms with van der Waals surface area (Å²) < 4.78 is 0. The Balaban J connectivity index is 1.95. The van der Waals surface area contributed by atoms with Gasteiger partial charge in [0.25, 0.3) is 5.91 Å². The fraction of sp³-hybridized carbons (Fsp3) is 0.381. The van der Waals surface area contributed by atoms with Gasteiger partial charge in [-0.3, -0.25) is 14.6 Å². The number of carbonyl (C=O) groups is 2. The van der Waals surface area contributed by atoms with E-state index in [-0.39, 0.29) is 11.7 Å². The van der Waals surface area contributed by atoms with E-state index < -0.39 is 0 Å². The van der Waals surface area contributed by atoms with E-state index in [1.54, 1.807) is 12.4 Å². The van der Waals surface area contributed by atoms with Crippen LogP contribution in [0, 0.1) is 0 Å². The predicted molar refractivity (Wildman–Crippen MR) is 114 cm³/mol. The number of hydrogen-bond donors (Lipinski definition) is 3. The molecule has 2 aromatic rings. The van der Waals surface area contributed by atoms with Crippen LogP contribution in [0.3, 0.4) is 0 Å². The fourth-order valence-electron chi connectivity index (χ4n) is 2.54. The molecule has 2 rings (SSSR count). The van der Waals surface area contributed by atoms with Crippen LogP contribution in [0.1, 0.15) is 42.1 Å². The van der Waals surface area contributed by atoms with Gasteiger partial charge in [-0.2, -0.15) is 4.98 Å². The highest BCUT2D eigenvalue weighted by atomic mass is 16.1. The van der Waals surface area contributed by atoms with Gasteiger partial charge in [0.1, 0.15) is 11.4 Å². The maximum atomic E-state index is 12.5. The molecule has 0 aliphatic heterocycles. The number of pyridine rings is 1. The quantitative estimate of drug-likeness (QED) is 0.353. The normalized spacial score (nSPS) is 10.2. The number of amides is 1. The Morgan fingerprint density at radius 3 is 2.66 bits per heavy atom. The third-order valence-corrected chi connectivity index (χ3v) is 4.14. The van der Waals surface area contributed by atoms with Crippen molar-refractivity contribution >= 4 is 23.5 Å². The monoisotopic (exact) mass is 396 g/mol. The first-order valence-corrected chi connectivity index (χ1v) is 9.81. The van der Waals surface area contributed by atoms with Crippen LogP contribution in [0.5, 0.6) is 0 Å². The zero-order valence-electron chi connectivity index (χ0n) is 16.8. The fourth-order valence-corrected chi connectivity index (χ4v) is 2.54. The Kier molecular flexibility index (Phi) is 9.28. The van der Waals surface area contributed by atoms with Gasteiger partial charge in [0.2, 0.25) is 5.95 Å². The van der Waals surface area contributed by atoms with Gasteiger partial charge < -0.3 is 16.0 Å². The summed E-state index contributed by atoms with van der Waals surface area (Å²) in [6.07, 6.45) is 8.98. The summed E-state index contributed by atoms with van der Waals surface area (Å²) in [6.45, 7) is 7.24. The molecule has 0 bridgehead atoms. The number of carbonyl (C=O) groups excluding carboxylic acids is 2. The van der Waals surface area contributed by atoms with Crippen molar-refractivity contribution in [3.8, 4) is 0 Å². The topological polar surface area (TPSA) is 109 Å². The van der Waals surface area contributed by atoms with Gasteiger partial charge in [0.15, 0.2) is 5.78 Å². The average Bonchev–Trinajstić information content (AvgIpc) is 2.75. The molecule has 1 amide bonds. The highest BCUT2D eigenvalue weighted by Crippen LogP contribution is 2.14. The molecular formula is C21H28N6O2. The Hall–Kier alpha value is -3.29. The van der Waals surface area contributed by atoms with Crippen molar-refractivity contribution in [2.75, 3.05) is 30.3 Å². The largest absolute Gasteiger partial charge is 0.369 e. The molecule has 0 saturated heterocycles. The van der Waals surface area contributed by atoms with E-state index in [2.05, 4.69) is 37.5 Å². The molecule has 0 fully saturated rings. The first-order chi connectivity index (χ1) is 14.1. The zero-order chi connectivity index (χ0) is 20.9. The Bertz CT molecular complexity index is 810. The number of aromatic nitrogens is 3. The SMILES string of the molecule is C=CC(=O)CCCNC(=O)c1cnc(NCCc2ccncc2)nc1NCCC. The Morgan fingerprint density at radius 1 is 1.14 bits per heavy atom. The van der Waals surface area contributed by atoms with Crippen molar-refractivity contribution < 1.29 is 9.59 Å². The van der Waals surface area contributed by atoms with E-state index in [0.717, 1.165) is 12.8 Å². The lowest BCUT2D eigenvalue weighted by atomic mass is 10.2. The minimum atomic E-state index is -0.266. The van der Waals surface area contributed by atoms with Crippen molar-refractivity contribution in [1.82, 2.24) is 20.3 Å². The molecule has 154 valence electrons. The third kappa shape index (κ3) is 7.69. The number of rotatable bonds is 13. The Morgan fingerprint density at radius 2 is 1.93 bits per heavy atom. The van der Waals surface area contributed by atoms with Crippen LogP contribution < -0.4 is 16.0 Å². The molecule has 0 radical (unpaired) electrons. The van der Waals surface area contributed by atoms with E-state index in [1.165, 1.54) is 17.8 Å². The van der Waals surface area contributed by atoms with Crippen molar-refractivity contribution in [2.24, 2.45) is 0 Å². The smallest absolute Gasteiger partial charge is 0.256 e. The van der Waals surface area contributed by atoms with E-state index in [4.69, 9.17) is 0 Å². The number of anilines is 2. The van der Waals surface area contributed by atoms with Gasteiger partial charge in [-0.15, -0.1) is 0 Å². The maximum Gasteiger partial charge on any atom is 0.256 e. The highest BCUT2D eigenvalue weighted by Gasteiger charge is 2.14. The van der Waals surface area contributed by atoms with Crippen LogP contribution in [-0.4, -0.2) is 46.3 Å². The van der Waals surface area contributed by atoms with Crippen LogP contribution in [-0.2, 0) is 11.2 Å². The molecule has 0 saturated carbocycles. The van der Waals surface area contributed by atoms with Crippen molar-refractivity contribution in [1.29, 1.82) is 0 Å². The second-order valence-corrected chi connectivity index (χ2v) is 6.44. The lowest BCUT2D eigenvalue weighted by Gasteiger charge is -2.13. The molecule has 2 aromatic heterocycles. The summed E-state index contributed by atoms with van der Waals surface area (Å²) in [5.41, 5.74) is 1.55. The highest BCUT2D eigenvalue weighted by molar-refractivity contribution is 5.98. The summed E-state index contributed by atoms with van der Waals surface area (Å²) in [4.78, 5) is 36.5. The second-order valence-electron chi connectivity index (χ2n) is 6.44. The van der Waals surface area contributed by atoms with Gasteiger partial charge in [-0.1, -0.05) is 13.5 Å². The van der Waals surface area contributed by atoms with E-state index >= 15 is 0 Å². The zero-order valence-corrected chi connectivity index (χ0v) is 16.8. The molecule has 0 unspecified atom stereocenters. The van der Waals surface area contributed by atoms with Gasteiger partial charge in [0, 0.05) is 44.6 Å². The molecule has 29 heavy (non-hydrogen) atoms. The molecular weight excluding hydrogens is 368 g/mol. The van der Waals surface area contributed by atoms with Crippen LogP contribution in [0.4, 0.5) is 11.8 Å². The maximum absolute atomic E-state index is 12.5. The van der Waals surface area contributed by atoms with E-state index in [1.807, 2.05) is 19.1 Å².